The van der Waals surface area contributed by atoms with Crippen LogP contribution in [0.3, 0.4) is 0 Å². The van der Waals surface area contributed by atoms with Crippen molar-refractivity contribution in [3.05, 3.63) is 58.0 Å². The number of ether oxygens (including phenoxy) is 3. The van der Waals surface area contributed by atoms with Crippen LogP contribution < -0.4 is 14.8 Å². The van der Waals surface area contributed by atoms with E-state index < -0.39 is 0 Å². The fourth-order valence-corrected chi connectivity index (χ4v) is 4.97. The standard InChI is InChI=1S/C24H23ClN2O5S2/c1-30-20-11-15(12-21-23(29)27(24(33)34-21)13-18-3-2-10-31-18)4-9-19(20)32-14-22(28)26-17-7-5-16(25)6-8-17/h4-9,11-12,18H,2-3,10,13-14H2,1H3,(H,26,28)/b21-12-/t18-/m0/s1. The molecule has 4 rings (SSSR count). The van der Waals surface area contributed by atoms with E-state index in [2.05, 4.69) is 5.32 Å². The van der Waals surface area contributed by atoms with Gasteiger partial charge >= 0.3 is 0 Å². The second-order valence-corrected chi connectivity index (χ2v) is 9.79. The summed E-state index contributed by atoms with van der Waals surface area (Å²) in [5, 5.41) is 3.32. The first-order valence-corrected chi connectivity index (χ1v) is 12.3. The van der Waals surface area contributed by atoms with E-state index in [0.717, 1.165) is 25.0 Å². The van der Waals surface area contributed by atoms with Gasteiger partial charge in [-0.15, -0.1) is 0 Å². The van der Waals surface area contributed by atoms with Crippen molar-refractivity contribution < 1.29 is 23.8 Å². The quantitative estimate of drug-likeness (QED) is 0.399. The minimum atomic E-state index is -0.316. The molecule has 0 aromatic heterocycles. The average Bonchev–Trinajstić information content (AvgIpc) is 3.44. The van der Waals surface area contributed by atoms with Crippen LogP contribution in [0.15, 0.2) is 47.4 Å². The first-order valence-electron chi connectivity index (χ1n) is 10.7. The number of benzene rings is 2. The number of thioether (sulfide) groups is 1. The number of nitrogens with zero attached hydrogens (tertiary/aromatic N) is 1. The van der Waals surface area contributed by atoms with Crippen molar-refractivity contribution in [2.24, 2.45) is 0 Å². The molecule has 2 saturated heterocycles. The maximum atomic E-state index is 12.9. The molecule has 0 bridgehead atoms. The Kier molecular flexibility index (Phi) is 8.10. The highest BCUT2D eigenvalue weighted by molar-refractivity contribution is 8.26. The molecule has 7 nitrogen and oxygen atoms in total. The van der Waals surface area contributed by atoms with Crippen LogP contribution >= 0.6 is 35.6 Å². The number of hydrogen-bond donors (Lipinski definition) is 1. The van der Waals surface area contributed by atoms with Gasteiger partial charge < -0.3 is 19.5 Å². The van der Waals surface area contributed by atoms with Crippen LogP contribution in [0.4, 0.5) is 5.69 Å². The van der Waals surface area contributed by atoms with Crippen molar-refractivity contribution in [2.45, 2.75) is 18.9 Å². The summed E-state index contributed by atoms with van der Waals surface area (Å²) < 4.78 is 17.2. The summed E-state index contributed by atoms with van der Waals surface area (Å²) in [7, 11) is 1.51. The largest absolute Gasteiger partial charge is 0.493 e. The molecule has 1 atom stereocenters. The molecule has 2 aromatic carbocycles. The summed E-state index contributed by atoms with van der Waals surface area (Å²) in [5.41, 5.74) is 1.38. The Morgan fingerprint density at radius 2 is 2.09 bits per heavy atom. The van der Waals surface area contributed by atoms with Gasteiger partial charge in [-0.25, -0.2) is 0 Å². The van der Waals surface area contributed by atoms with Crippen molar-refractivity contribution in [1.82, 2.24) is 4.90 Å². The summed E-state index contributed by atoms with van der Waals surface area (Å²) in [4.78, 5) is 27.2. The van der Waals surface area contributed by atoms with E-state index >= 15 is 0 Å². The van der Waals surface area contributed by atoms with E-state index in [0.29, 0.717) is 38.0 Å². The molecule has 2 aliphatic heterocycles. The molecule has 1 N–H and O–H groups in total. The lowest BCUT2D eigenvalue weighted by Crippen LogP contribution is -2.35. The third kappa shape index (κ3) is 6.09. The van der Waals surface area contributed by atoms with Crippen molar-refractivity contribution in [2.75, 3.05) is 32.2 Å². The topological polar surface area (TPSA) is 77.1 Å². The van der Waals surface area contributed by atoms with Gasteiger partial charge in [0.25, 0.3) is 11.8 Å². The molecule has 0 radical (unpaired) electrons. The van der Waals surface area contributed by atoms with Crippen LogP contribution in [-0.4, -0.2) is 54.0 Å². The lowest BCUT2D eigenvalue weighted by atomic mass is 10.1. The average molecular weight is 519 g/mol. The van der Waals surface area contributed by atoms with Gasteiger partial charge in [-0.05, 0) is 60.9 Å². The van der Waals surface area contributed by atoms with E-state index in [-0.39, 0.29) is 24.5 Å². The Morgan fingerprint density at radius 3 is 2.79 bits per heavy atom. The number of amides is 2. The lowest BCUT2D eigenvalue weighted by molar-refractivity contribution is -0.123. The number of nitrogens with one attached hydrogen (secondary N) is 1. The minimum Gasteiger partial charge on any atom is -0.493 e. The summed E-state index contributed by atoms with van der Waals surface area (Å²) in [6.07, 6.45) is 3.75. The number of hydrogen-bond acceptors (Lipinski definition) is 7. The number of anilines is 1. The fourth-order valence-electron chi connectivity index (χ4n) is 3.57. The maximum Gasteiger partial charge on any atom is 0.266 e. The number of carbonyl (C=O) groups excluding carboxylic acids is 2. The van der Waals surface area contributed by atoms with E-state index in [1.807, 2.05) is 0 Å². The molecule has 2 heterocycles. The smallest absolute Gasteiger partial charge is 0.266 e. The second-order valence-electron chi connectivity index (χ2n) is 7.68. The van der Waals surface area contributed by atoms with Gasteiger partial charge in [0.15, 0.2) is 18.1 Å². The molecule has 10 heteroatoms. The molecule has 178 valence electrons. The number of rotatable bonds is 8. The van der Waals surface area contributed by atoms with Crippen LogP contribution in [0.2, 0.25) is 5.02 Å². The highest BCUT2D eigenvalue weighted by Gasteiger charge is 2.34. The summed E-state index contributed by atoms with van der Waals surface area (Å²) in [6, 6.07) is 12.0. The number of thiocarbonyl (C=S) groups is 1. The summed E-state index contributed by atoms with van der Waals surface area (Å²) >= 11 is 12.5. The van der Waals surface area contributed by atoms with Gasteiger partial charge in [-0.1, -0.05) is 41.6 Å². The SMILES string of the molecule is COc1cc(/C=C2\SC(=S)N(C[C@@H]3CCCO3)C2=O)ccc1OCC(=O)Nc1ccc(Cl)cc1. The van der Waals surface area contributed by atoms with Crippen LogP contribution in [-0.2, 0) is 14.3 Å². The normalized spacial score (nSPS) is 19.1. The predicted molar refractivity (Wildman–Crippen MR) is 137 cm³/mol. The zero-order chi connectivity index (χ0) is 24.1. The van der Waals surface area contributed by atoms with Gasteiger partial charge in [0.2, 0.25) is 0 Å². The van der Waals surface area contributed by atoms with E-state index in [4.69, 9.17) is 38.0 Å². The zero-order valence-corrected chi connectivity index (χ0v) is 20.8. The molecule has 2 aromatic rings. The monoisotopic (exact) mass is 518 g/mol. The zero-order valence-electron chi connectivity index (χ0n) is 18.4. The van der Waals surface area contributed by atoms with Gasteiger partial charge in [-0.2, -0.15) is 0 Å². The number of methoxy groups -OCH3 is 1. The van der Waals surface area contributed by atoms with E-state index in [1.165, 1.54) is 18.9 Å². The van der Waals surface area contributed by atoms with Gasteiger partial charge in [0.05, 0.1) is 24.7 Å². The van der Waals surface area contributed by atoms with E-state index in [1.54, 1.807) is 53.4 Å². The van der Waals surface area contributed by atoms with Crippen LogP contribution in [0, 0.1) is 0 Å². The molecular formula is C24H23ClN2O5S2. The van der Waals surface area contributed by atoms with Crippen LogP contribution in [0.25, 0.3) is 6.08 Å². The minimum absolute atomic E-state index is 0.0373. The second kappa shape index (κ2) is 11.2. The molecule has 0 spiro atoms. The third-order valence-corrected chi connectivity index (χ3v) is 6.89. The first-order chi connectivity index (χ1) is 16.4. The highest BCUT2D eigenvalue weighted by Crippen LogP contribution is 2.35. The van der Waals surface area contributed by atoms with Crippen molar-refractivity contribution in [3.8, 4) is 11.5 Å². The Hall–Kier alpha value is -2.59. The Balaban J connectivity index is 1.39. The van der Waals surface area contributed by atoms with Crippen LogP contribution in [0.5, 0.6) is 11.5 Å². The third-order valence-electron chi connectivity index (χ3n) is 5.26. The molecule has 0 unspecified atom stereocenters. The molecule has 2 amide bonds. The Labute approximate surface area is 212 Å². The molecule has 0 aliphatic carbocycles. The number of halogens is 1. The van der Waals surface area contributed by atoms with Crippen molar-refractivity contribution in [3.63, 3.8) is 0 Å². The van der Waals surface area contributed by atoms with Gasteiger partial charge in [0.1, 0.15) is 4.32 Å². The van der Waals surface area contributed by atoms with E-state index in [9.17, 15) is 9.59 Å². The maximum absolute atomic E-state index is 12.9. The summed E-state index contributed by atoms with van der Waals surface area (Å²) in [5.74, 6) is 0.423. The number of carbonyl (C=O) groups is 2. The molecule has 34 heavy (non-hydrogen) atoms. The lowest BCUT2D eigenvalue weighted by Gasteiger charge is -2.18. The molecule has 2 aliphatic rings. The highest BCUT2D eigenvalue weighted by atomic mass is 35.5. The van der Waals surface area contributed by atoms with Gasteiger partial charge in [-0.3, -0.25) is 14.5 Å². The molecule has 2 fully saturated rings. The van der Waals surface area contributed by atoms with Crippen molar-refractivity contribution >= 4 is 63.5 Å². The fraction of sp³-hybridized carbons (Fsp3) is 0.292. The first kappa shape index (κ1) is 24.5. The molecular weight excluding hydrogens is 496 g/mol. The predicted octanol–water partition coefficient (Wildman–Crippen LogP) is 4.75. The van der Waals surface area contributed by atoms with Crippen molar-refractivity contribution in [1.29, 1.82) is 0 Å². The van der Waals surface area contributed by atoms with Crippen LogP contribution in [0.1, 0.15) is 18.4 Å². The Bertz CT molecular complexity index is 1120. The Morgan fingerprint density at radius 1 is 1.29 bits per heavy atom. The molecule has 0 saturated carbocycles. The van der Waals surface area contributed by atoms with Gasteiger partial charge in [0, 0.05) is 17.3 Å². The summed E-state index contributed by atoms with van der Waals surface area (Å²) in [6.45, 7) is 1.02.